The van der Waals surface area contributed by atoms with Gasteiger partial charge < -0.3 is 10.1 Å². The van der Waals surface area contributed by atoms with Gasteiger partial charge in [-0.05, 0) is 50.4 Å². The van der Waals surface area contributed by atoms with Gasteiger partial charge >= 0.3 is 0 Å². The minimum Gasteiger partial charge on any atom is -0.498 e. The smallest absolute Gasteiger partial charge is 0.220 e. The first-order valence-electron chi connectivity index (χ1n) is 10.3. The Morgan fingerprint density at radius 3 is 2.38 bits per heavy atom. The summed E-state index contributed by atoms with van der Waals surface area (Å²) in [5.74, 6) is 3.00. The maximum Gasteiger partial charge on any atom is 0.220 e. The molecule has 1 amide bonds. The zero-order valence-corrected chi connectivity index (χ0v) is 19.1. The van der Waals surface area contributed by atoms with Crippen molar-refractivity contribution in [3.05, 3.63) is 23.5 Å². The van der Waals surface area contributed by atoms with Crippen molar-refractivity contribution in [3.63, 3.8) is 0 Å². The third-order valence-corrected chi connectivity index (χ3v) is 4.68. The number of hydrogen-bond acceptors (Lipinski definition) is 3. The van der Waals surface area contributed by atoms with Crippen LogP contribution in [0.3, 0.4) is 0 Å². The predicted octanol–water partition coefficient (Wildman–Crippen LogP) is 6.17. The van der Waals surface area contributed by atoms with E-state index in [1.165, 1.54) is 24.8 Å². The number of hydrogen-bond donors (Lipinski definition) is 2. The van der Waals surface area contributed by atoms with Crippen LogP contribution in [-0.2, 0) is 9.53 Å². The first kappa shape index (κ1) is 27.3. The van der Waals surface area contributed by atoms with Crippen LogP contribution in [0.5, 0.6) is 0 Å². The zero-order valence-electron chi connectivity index (χ0n) is 18.2. The Balaban J connectivity index is 0. The molecule has 2 unspecified atom stereocenters. The van der Waals surface area contributed by atoms with E-state index in [1.807, 2.05) is 20.8 Å². The van der Waals surface area contributed by atoms with Gasteiger partial charge in [0.1, 0.15) is 0 Å². The van der Waals surface area contributed by atoms with Gasteiger partial charge in [-0.25, -0.2) is 0 Å². The van der Waals surface area contributed by atoms with Crippen LogP contribution in [0, 0.1) is 11.8 Å². The number of rotatable bonds is 13. The van der Waals surface area contributed by atoms with Crippen LogP contribution in [0.15, 0.2) is 23.5 Å². The highest BCUT2D eigenvalue weighted by atomic mass is 32.1. The summed E-state index contributed by atoms with van der Waals surface area (Å²) in [6, 6.07) is 0. The van der Waals surface area contributed by atoms with Crippen LogP contribution in [-0.4, -0.2) is 24.8 Å². The molecule has 0 saturated heterocycles. The molecule has 1 N–H and O–H groups in total. The monoisotopic (exact) mass is 385 g/mol. The fourth-order valence-corrected chi connectivity index (χ4v) is 2.35. The van der Waals surface area contributed by atoms with Crippen molar-refractivity contribution in [2.75, 3.05) is 18.9 Å². The third-order valence-electron chi connectivity index (χ3n) is 4.46. The molecule has 3 nitrogen and oxygen atoms in total. The van der Waals surface area contributed by atoms with Crippen LogP contribution in [0.4, 0.5) is 0 Å². The van der Waals surface area contributed by atoms with Crippen LogP contribution in [0.1, 0.15) is 80.6 Å². The lowest BCUT2D eigenvalue weighted by Gasteiger charge is -2.15. The summed E-state index contributed by atoms with van der Waals surface area (Å²) >= 11 is 4.03. The Morgan fingerprint density at radius 1 is 1.15 bits per heavy atom. The normalized spacial score (nSPS) is 14.2. The van der Waals surface area contributed by atoms with Crippen molar-refractivity contribution in [3.8, 4) is 0 Å². The second-order valence-electron chi connectivity index (χ2n) is 6.71. The number of allylic oxidation sites excluding steroid dienone is 4. The van der Waals surface area contributed by atoms with E-state index in [2.05, 4.69) is 57.8 Å². The summed E-state index contributed by atoms with van der Waals surface area (Å²) in [7, 11) is 0. The second kappa shape index (κ2) is 18.9. The largest absolute Gasteiger partial charge is 0.498 e. The van der Waals surface area contributed by atoms with Crippen LogP contribution >= 0.6 is 12.6 Å². The number of carbonyl (C=O) groups excluding carboxylic acids is 1. The lowest BCUT2D eigenvalue weighted by atomic mass is 9.92. The van der Waals surface area contributed by atoms with Crippen molar-refractivity contribution < 1.29 is 9.53 Å². The van der Waals surface area contributed by atoms with Gasteiger partial charge in [-0.1, -0.05) is 59.1 Å². The Kier molecular flexibility index (Phi) is 19.8. The second-order valence-corrected chi connectivity index (χ2v) is 7.15. The Bertz CT molecular complexity index is 405. The minimum absolute atomic E-state index is 0.0576. The average molecular weight is 386 g/mol. The van der Waals surface area contributed by atoms with Gasteiger partial charge in [0.05, 0.1) is 12.4 Å². The maximum absolute atomic E-state index is 11.3. The molecule has 4 heteroatoms. The molecule has 0 aliphatic heterocycles. The number of amides is 1. The van der Waals surface area contributed by atoms with E-state index < -0.39 is 0 Å². The molecule has 154 valence electrons. The lowest BCUT2D eigenvalue weighted by molar-refractivity contribution is -0.120. The van der Waals surface area contributed by atoms with Gasteiger partial charge in [0.15, 0.2) is 0 Å². The molecule has 0 aromatic heterocycles. The SMILES string of the molecule is CC.CCC(C)CCC(C)/C(C)=C/C=C(\C)OCCCNC(=O)CCS. The number of carbonyl (C=O) groups is 1. The van der Waals surface area contributed by atoms with Gasteiger partial charge in [-0.15, -0.1) is 0 Å². The standard InChI is InChI=1S/C20H37NO2S.C2H6/c1-6-16(2)8-9-17(3)18(4)10-11-19(5)23-14-7-13-21-20(22)12-15-24;1-2/h10-11,16-17,24H,6-9,12-15H2,1-5H3,(H,21,22);1-2H3/b18-10+,19-11+;. The summed E-state index contributed by atoms with van der Waals surface area (Å²) < 4.78 is 5.68. The molecule has 0 saturated carbocycles. The van der Waals surface area contributed by atoms with Crippen LogP contribution in [0.2, 0.25) is 0 Å². The first-order valence-corrected chi connectivity index (χ1v) is 10.9. The molecule has 0 bridgehead atoms. The molecule has 0 fully saturated rings. The van der Waals surface area contributed by atoms with Gasteiger partial charge in [-0.3, -0.25) is 4.79 Å². The molecule has 2 atom stereocenters. The molecule has 0 aliphatic carbocycles. The van der Waals surface area contributed by atoms with Gasteiger partial charge in [0.25, 0.3) is 0 Å². The maximum atomic E-state index is 11.3. The summed E-state index contributed by atoms with van der Waals surface area (Å²) in [5.41, 5.74) is 1.40. The van der Waals surface area contributed by atoms with E-state index in [1.54, 1.807) is 0 Å². The molecular weight excluding hydrogens is 342 g/mol. The topological polar surface area (TPSA) is 38.3 Å². The Labute approximate surface area is 168 Å². The average Bonchev–Trinajstić information content (AvgIpc) is 2.65. The Hall–Kier alpha value is -0.900. The fourth-order valence-electron chi connectivity index (χ4n) is 2.15. The van der Waals surface area contributed by atoms with Crippen molar-refractivity contribution >= 4 is 18.5 Å². The lowest BCUT2D eigenvalue weighted by Crippen LogP contribution is -2.25. The highest BCUT2D eigenvalue weighted by Crippen LogP contribution is 2.20. The molecule has 0 heterocycles. The highest BCUT2D eigenvalue weighted by Gasteiger charge is 2.06. The Morgan fingerprint density at radius 2 is 1.81 bits per heavy atom. The third kappa shape index (κ3) is 16.6. The number of ether oxygens (including phenoxy) is 1. The van der Waals surface area contributed by atoms with Crippen LogP contribution < -0.4 is 5.32 Å². The summed E-state index contributed by atoms with van der Waals surface area (Å²) in [6.45, 7) is 16.3. The molecule has 0 aliphatic rings. The van der Waals surface area contributed by atoms with E-state index in [0.29, 0.717) is 31.2 Å². The predicted molar refractivity (Wildman–Crippen MR) is 119 cm³/mol. The summed E-state index contributed by atoms with van der Waals surface area (Å²) in [5, 5.41) is 2.85. The van der Waals surface area contributed by atoms with E-state index in [-0.39, 0.29) is 5.91 Å². The molecule has 0 spiro atoms. The molecule has 0 rings (SSSR count). The molecule has 0 aromatic rings. The van der Waals surface area contributed by atoms with Crippen LogP contribution in [0.25, 0.3) is 0 Å². The molecule has 26 heavy (non-hydrogen) atoms. The number of nitrogens with one attached hydrogen (secondary N) is 1. The molecule has 0 aromatic carbocycles. The fraction of sp³-hybridized carbons (Fsp3) is 0.773. The van der Waals surface area contributed by atoms with Crippen molar-refractivity contribution in [1.29, 1.82) is 0 Å². The zero-order chi connectivity index (χ0) is 20.4. The van der Waals surface area contributed by atoms with E-state index in [9.17, 15) is 4.79 Å². The molecule has 0 radical (unpaired) electrons. The van der Waals surface area contributed by atoms with Gasteiger partial charge in [-0.2, -0.15) is 12.6 Å². The van der Waals surface area contributed by atoms with E-state index >= 15 is 0 Å². The van der Waals surface area contributed by atoms with Gasteiger partial charge in [0.2, 0.25) is 5.91 Å². The number of thiol groups is 1. The quantitative estimate of drug-likeness (QED) is 0.172. The summed E-state index contributed by atoms with van der Waals surface area (Å²) in [4.78, 5) is 11.3. The minimum atomic E-state index is 0.0576. The van der Waals surface area contributed by atoms with E-state index in [4.69, 9.17) is 4.74 Å². The van der Waals surface area contributed by atoms with Gasteiger partial charge in [0, 0.05) is 13.0 Å². The molecular formula is C22H43NO2S. The summed E-state index contributed by atoms with van der Waals surface area (Å²) in [6.07, 6.45) is 9.31. The van der Waals surface area contributed by atoms with E-state index in [0.717, 1.165) is 18.1 Å². The highest BCUT2D eigenvalue weighted by molar-refractivity contribution is 7.80. The van der Waals surface area contributed by atoms with Crippen molar-refractivity contribution in [2.24, 2.45) is 11.8 Å². The van der Waals surface area contributed by atoms with Crippen molar-refractivity contribution in [2.45, 2.75) is 80.6 Å². The van der Waals surface area contributed by atoms with Crippen molar-refractivity contribution in [1.82, 2.24) is 5.32 Å². The first-order chi connectivity index (χ1) is 12.4.